The van der Waals surface area contributed by atoms with Crippen molar-refractivity contribution in [2.75, 3.05) is 5.32 Å². The summed E-state index contributed by atoms with van der Waals surface area (Å²) in [6.07, 6.45) is 3.23. The van der Waals surface area contributed by atoms with Gasteiger partial charge in [-0.1, -0.05) is 30.3 Å². The van der Waals surface area contributed by atoms with Crippen molar-refractivity contribution >= 4 is 23.7 Å². The summed E-state index contributed by atoms with van der Waals surface area (Å²) in [5.41, 5.74) is 4.41. The second-order valence-electron chi connectivity index (χ2n) is 5.50. The first-order valence-electron chi connectivity index (χ1n) is 8.01. The number of hydrazone groups is 1. The number of carbonyl (C=O) groups excluding carboxylic acids is 2. The fourth-order valence-corrected chi connectivity index (χ4v) is 2.28. The number of furan rings is 1. The van der Waals surface area contributed by atoms with Crippen LogP contribution in [0.25, 0.3) is 0 Å². The molecule has 2 amide bonds. The van der Waals surface area contributed by atoms with Crippen LogP contribution in [0, 0.1) is 0 Å². The standard InChI is InChI=1S/C20H17N3O3/c24-19(13-15-5-2-1-3-6-15)22-17-10-8-16(9-11-17)20(25)23-21-14-18-7-4-12-26-18/h1-12,14H,13H2,(H,22,24)(H,23,25)/b21-14-. The van der Waals surface area contributed by atoms with Gasteiger partial charge in [-0.05, 0) is 42.0 Å². The van der Waals surface area contributed by atoms with E-state index in [-0.39, 0.29) is 11.8 Å². The summed E-state index contributed by atoms with van der Waals surface area (Å²) >= 11 is 0. The fraction of sp³-hybridized carbons (Fsp3) is 0.0500. The summed E-state index contributed by atoms with van der Waals surface area (Å²) < 4.78 is 5.08. The molecule has 3 aromatic rings. The van der Waals surface area contributed by atoms with E-state index in [0.29, 0.717) is 23.4 Å². The summed E-state index contributed by atoms with van der Waals surface area (Å²) in [6.45, 7) is 0. The molecule has 130 valence electrons. The lowest BCUT2D eigenvalue weighted by molar-refractivity contribution is -0.115. The Hall–Kier alpha value is -3.67. The molecular weight excluding hydrogens is 330 g/mol. The molecule has 0 unspecified atom stereocenters. The van der Waals surface area contributed by atoms with Gasteiger partial charge in [0.05, 0.1) is 18.9 Å². The van der Waals surface area contributed by atoms with Crippen molar-refractivity contribution in [2.45, 2.75) is 6.42 Å². The average molecular weight is 347 g/mol. The quantitative estimate of drug-likeness (QED) is 0.530. The molecule has 0 fully saturated rings. The van der Waals surface area contributed by atoms with E-state index in [1.165, 1.54) is 12.5 Å². The Morgan fingerprint density at radius 2 is 1.73 bits per heavy atom. The molecule has 0 saturated heterocycles. The number of carbonyl (C=O) groups is 2. The molecule has 0 spiro atoms. The predicted molar refractivity (Wildman–Crippen MR) is 99.0 cm³/mol. The summed E-state index contributed by atoms with van der Waals surface area (Å²) in [5.74, 6) is 0.0770. The summed E-state index contributed by atoms with van der Waals surface area (Å²) in [6, 6.07) is 19.5. The van der Waals surface area contributed by atoms with Crippen molar-refractivity contribution in [2.24, 2.45) is 5.10 Å². The molecule has 0 saturated carbocycles. The number of benzene rings is 2. The summed E-state index contributed by atoms with van der Waals surface area (Å²) in [4.78, 5) is 24.0. The largest absolute Gasteiger partial charge is 0.463 e. The van der Waals surface area contributed by atoms with Crippen LogP contribution in [-0.4, -0.2) is 18.0 Å². The van der Waals surface area contributed by atoms with Crippen LogP contribution in [0.2, 0.25) is 0 Å². The normalized spacial score (nSPS) is 10.6. The average Bonchev–Trinajstić information content (AvgIpc) is 3.16. The van der Waals surface area contributed by atoms with E-state index in [0.717, 1.165) is 5.56 Å². The maximum Gasteiger partial charge on any atom is 0.271 e. The van der Waals surface area contributed by atoms with Crippen molar-refractivity contribution in [3.63, 3.8) is 0 Å². The SMILES string of the molecule is O=C(Cc1ccccc1)Nc1ccc(C(=O)N/N=C\c2ccco2)cc1. The molecule has 0 aliphatic heterocycles. The molecular formula is C20H17N3O3. The highest BCUT2D eigenvalue weighted by molar-refractivity contribution is 5.96. The molecule has 0 atom stereocenters. The minimum Gasteiger partial charge on any atom is -0.463 e. The van der Waals surface area contributed by atoms with Gasteiger partial charge in [0.1, 0.15) is 5.76 Å². The molecule has 6 heteroatoms. The van der Waals surface area contributed by atoms with Crippen LogP contribution in [0.3, 0.4) is 0 Å². The first-order valence-corrected chi connectivity index (χ1v) is 8.01. The van der Waals surface area contributed by atoms with Gasteiger partial charge in [-0.2, -0.15) is 5.10 Å². The molecule has 2 N–H and O–H groups in total. The molecule has 1 aromatic heterocycles. The zero-order valence-electron chi connectivity index (χ0n) is 13.9. The second kappa shape index (κ2) is 8.43. The Bertz CT molecular complexity index is 886. The van der Waals surface area contributed by atoms with Crippen LogP contribution in [0.5, 0.6) is 0 Å². The number of hydrogen-bond donors (Lipinski definition) is 2. The Balaban J connectivity index is 1.52. The summed E-state index contributed by atoms with van der Waals surface area (Å²) in [7, 11) is 0. The van der Waals surface area contributed by atoms with Crippen LogP contribution >= 0.6 is 0 Å². The van der Waals surface area contributed by atoms with Gasteiger partial charge in [0.2, 0.25) is 5.91 Å². The lowest BCUT2D eigenvalue weighted by Gasteiger charge is -2.06. The second-order valence-corrected chi connectivity index (χ2v) is 5.50. The Kier molecular flexibility index (Phi) is 5.57. The van der Waals surface area contributed by atoms with Gasteiger partial charge in [0.15, 0.2) is 0 Å². The lowest BCUT2D eigenvalue weighted by atomic mass is 10.1. The third kappa shape index (κ3) is 4.91. The van der Waals surface area contributed by atoms with Gasteiger partial charge in [-0.3, -0.25) is 9.59 Å². The van der Waals surface area contributed by atoms with Gasteiger partial charge in [-0.25, -0.2) is 5.43 Å². The molecule has 0 radical (unpaired) electrons. The van der Waals surface area contributed by atoms with E-state index in [1.54, 1.807) is 36.4 Å². The number of rotatable bonds is 6. The number of hydrogen-bond acceptors (Lipinski definition) is 4. The molecule has 6 nitrogen and oxygen atoms in total. The maximum absolute atomic E-state index is 12.0. The van der Waals surface area contributed by atoms with Gasteiger partial charge in [0.25, 0.3) is 5.91 Å². The molecule has 0 aliphatic rings. The Morgan fingerprint density at radius 3 is 2.42 bits per heavy atom. The first-order chi connectivity index (χ1) is 12.7. The molecule has 26 heavy (non-hydrogen) atoms. The van der Waals surface area contributed by atoms with E-state index in [4.69, 9.17) is 4.42 Å². The maximum atomic E-state index is 12.0. The highest BCUT2D eigenvalue weighted by Crippen LogP contribution is 2.11. The predicted octanol–water partition coefficient (Wildman–Crippen LogP) is 3.22. The molecule has 3 rings (SSSR count). The number of nitrogens with zero attached hydrogens (tertiary/aromatic N) is 1. The highest BCUT2D eigenvalue weighted by atomic mass is 16.3. The first kappa shape index (κ1) is 17.2. The zero-order valence-corrected chi connectivity index (χ0v) is 13.9. The minimum absolute atomic E-state index is 0.114. The minimum atomic E-state index is -0.352. The van der Waals surface area contributed by atoms with Gasteiger partial charge in [0, 0.05) is 11.3 Å². The van der Waals surface area contributed by atoms with Gasteiger partial charge in [-0.15, -0.1) is 0 Å². The smallest absolute Gasteiger partial charge is 0.271 e. The third-order valence-electron chi connectivity index (χ3n) is 3.54. The fourth-order valence-electron chi connectivity index (χ4n) is 2.28. The molecule has 2 aromatic carbocycles. The van der Waals surface area contributed by atoms with E-state index in [1.807, 2.05) is 30.3 Å². The van der Waals surface area contributed by atoms with E-state index in [2.05, 4.69) is 15.8 Å². The highest BCUT2D eigenvalue weighted by Gasteiger charge is 2.07. The number of anilines is 1. The third-order valence-corrected chi connectivity index (χ3v) is 3.54. The van der Waals surface area contributed by atoms with Gasteiger partial charge >= 0.3 is 0 Å². The zero-order chi connectivity index (χ0) is 18.2. The monoisotopic (exact) mass is 347 g/mol. The van der Waals surface area contributed by atoms with Gasteiger partial charge < -0.3 is 9.73 Å². The van der Waals surface area contributed by atoms with Crippen molar-refractivity contribution in [1.82, 2.24) is 5.43 Å². The van der Waals surface area contributed by atoms with Crippen LogP contribution in [0.4, 0.5) is 5.69 Å². The molecule has 0 aliphatic carbocycles. The molecule has 0 bridgehead atoms. The van der Waals surface area contributed by atoms with Crippen molar-refractivity contribution < 1.29 is 14.0 Å². The lowest BCUT2D eigenvalue weighted by Crippen LogP contribution is -2.18. The van der Waals surface area contributed by atoms with Crippen LogP contribution < -0.4 is 10.7 Å². The van der Waals surface area contributed by atoms with Crippen molar-refractivity contribution in [3.05, 3.63) is 89.9 Å². The van der Waals surface area contributed by atoms with E-state index >= 15 is 0 Å². The van der Waals surface area contributed by atoms with Crippen LogP contribution in [-0.2, 0) is 11.2 Å². The topological polar surface area (TPSA) is 83.7 Å². The number of nitrogens with one attached hydrogen (secondary N) is 2. The van der Waals surface area contributed by atoms with Crippen LogP contribution in [0.1, 0.15) is 21.7 Å². The Morgan fingerprint density at radius 1 is 0.962 bits per heavy atom. The molecule has 1 heterocycles. The van der Waals surface area contributed by atoms with Crippen molar-refractivity contribution in [3.8, 4) is 0 Å². The summed E-state index contributed by atoms with van der Waals surface area (Å²) in [5, 5.41) is 6.63. The van der Waals surface area contributed by atoms with Crippen molar-refractivity contribution in [1.29, 1.82) is 0 Å². The number of amides is 2. The Labute approximate surface area is 150 Å². The van der Waals surface area contributed by atoms with E-state index in [9.17, 15) is 9.59 Å². The van der Waals surface area contributed by atoms with Crippen LogP contribution in [0.15, 0.2) is 82.5 Å². The van der Waals surface area contributed by atoms with E-state index < -0.39 is 0 Å².